The van der Waals surface area contributed by atoms with Crippen LogP contribution in [0.2, 0.25) is 0 Å². The first kappa shape index (κ1) is 21.5. The second kappa shape index (κ2) is 8.11. The van der Waals surface area contributed by atoms with Gasteiger partial charge in [0.2, 0.25) is 17.5 Å². The standard InChI is InChI=1S/C24H24N2O6/c1-14(2)24(22(29)30,26-20(27)11-12-21(26)28)25-23(31)32-13-19-17-9-5-3-7-15(17)16-8-4-6-10-18(16)19/h3-10,14,19H,11-13H2,1-2H3,(H,25,31)(H,29,30)/t24-/m0/s1. The molecule has 2 N–H and O–H groups in total. The van der Waals surface area contributed by atoms with Crippen molar-refractivity contribution in [2.24, 2.45) is 5.92 Å². The van der Waals surface area contributed by atoms with Crippen LogP contribution >= 0.6 is 0 Å². The summed E-state index contributed by atoms with van der Waals surface area (Å²) < 4.78 is 5.46. The zero-order chi connectivity index (χ0) is 23.0. The number of benzene rings is 2. The molecule has 1 aliphatic heterocycles. The minimum atomic E-state index is -2.22. The summed E-state index contributed by atoms with van der Waals surface area (Å²) in [5.74, 6) is -3.76. The maximum atomic E-state index is 12.8. The molecule has 32 heavy (non-hydrogen) atoms. The molecule has 1 saturated heterocycles. The average molecular weight is 436 g/mol. The molecule has 2 aromatic rings. The zero-order valence-electron chi connectivity index (χ0n) is 17.8. The van der Waals surface area contributed by atoms with Gasteiger partial charge in [0.15, 0.2) is 0 Å². The molecule has 8 heteroatoms. The van der Waals surface area contributed by atoms with Gasteiger partial charge < -0.3 is 9.84 Å². The maximum absolute atomic E-state index is 12.8. The SMILES string of the molecule is CC(C)[C@@](NC(=O)OCC1c2ccccc2-c2ccccc21)(C(=O)O)N1C(=O)CCC1=O. The Morgan fingerprint density at radius 2 is 1.53 bits per heavy atom. The van der Waals surface area contributed by atoms with Crippen molar-refractivity contribution in [3.63, 3.8) is 0 Å². The van der Waals surface area contributed by atoms with Gasteiger partial charge in [-0.2, -0.15) is 0 Å². The van der Waals surface area contributed by atoms with Crippen LogP contribution in [-0.4, -0.2) is 46.2 Å². The summed E-state index contributed by atoms with van der Waals surface area (Å²) in [5.41, 5.74) is 1.94. The van der Waals surface area contributed by atoms with Crippen molar-refractivity contribution in [3.8, 4) is 11.1 Å². The number of hydrogen-bond acceptors (Lipinski definition) is 5. The van der Waals surface area contributed by atoms with Crippen molar-refractivity contribution < 1.29 is 29.0 Å². The molecule has 166 valence electrons. The van der Waals surface area contributed by atoms with Crippen molar-refractivity contribution in [3.05, 3.63) is 59.7 Å². The largest absolute Gasteiger partial charge is 0.478 e. The minimum Gasteiger partial charge on any atom is -0.478 e. The quantitative estimate of drug-likeness (QED) is 0.673. The molecule has 0 saturated carbocycles. The van der Waals surface area contributed by atoms with E-state index in [2.05, 4.69) is 5.32 Å². The first-order chi connectivity index (χ1) is 15.3. The van der Waals surface area contributed by atoms with Gasteiger partial charge in [-0.05, 0) is 22.3 Å². The molecule has 2 aromatic carbocycles. The highest BCUT2D eigenvalue weighted by molar-refractivity contribution is 6.07. The summed E-state index contributed by atoms with van der Waals surface area (Å²) >= 11 is 0. The molecule has 8 nitrogen and oxygen atoms in total. The van der Waals surface area contributed by atoms with Crippen LogP contribution in [0.5, 0.6) is 0 Å². The minimum absolute atomic E-state index is 0.0183. The molecule has 1 fully saturated rings. The fourth-order valence-corrected chi connectivity index (χ4v) is 4.61. The Kier molecular flexibility index (Phi) is 5.46. The number of fused-ring (bicyclic) bond motifs is 3. The van der Waals surface area contributed by atoms with E-state index < -0.39 is 35.5 Å². The average Bonchev–Trinajstić information content (AvgIpc) is 3.27. The van der Waals surface area contributed by atoms with Gasteiger partial charge in [0.05, 0.1) is 0 Å². The lowest BCUT2D eigenvalue weighted by molar-refractivity contribution is -0.169. The van der Waals surface area contributed by atoms with Crippen molar-refractivity contribution in [2.45, 2.75) is 38.3 Å². The third-order valence-corrected chi connectivity index (χ3v) is 6.20. The predicted molar refractivity (Wildman–Crippen MR) is 114 cm³/mol. The second-order valence-electron chi connectivity index (χ2n) is 8.30. The Morgan fingerprint density at radius 1 is 1.03 bits per heavy atom. The van der Waals surface area contributed by atoms with Crippen molar-refractivity contribution in [1.82, 2.24) is 10.2 Å². The molecule has 0 bridgehead atoms. The van der Waals surface area contributed by atoms with E-state index in [4.69, 9.17) is 4.74 Å². The van der Waals surface area contributed by atoms with Gasteiger partial charge in [0.25, 0.3) is 0 Å². The molecule has 1 heterocycles. The van der Waals surface area contributed by atoms with Crippen molar-refractivity contribution in [1.29, 1.82) is 0 Å². The van der Waals surface area contributed by atoms with E-state index >= 15 is 0 Å². The van der Waals surface area contributed by atoms with E-state index in [-0.39, 0.29) is 25.4 Å². The topological polar surface area (TPSA) is 113 Å². The number of carboxylic acids is 1. The lowest BCUT2D eigenvalue weighted by atomic mass is 9.94. The molecule has 0 spiro atoms. The number of carboxylic acid groups (broad SMARTS) is 1. The molecule has 1 atom stereocenters. The van der Waals surface area contributed by atoms with Gasteiger partial charge in [-0.3, -0.25) is 14.9 Å². The number of nitrogens with one attached hydrogen (secondary N) is 1. The lowest BCUT2D eigenvalue weighted by Gasteiger charge is -2.39. The van der Waals surface area contributed by atoms with Crippen molar-refractivity contribution >= 4 is 23.9 Å². The number of carbonyl (C=O) groups excluding carboxylic acids is 3. The fraction of sp³-hybridized carbons (Fsp3) is 0.333. The first-order valence-corrected chi connectivity index (χ1v) is 10.5. The summed E-state index contributed by atoms with van der Waals surface area (Å²) in [4.78, 5) is 50.3. The molecule has 2 aliphatic rings. The number of imide groups is 1. The Bertz CT molecular complexity index is 1050. The first-order valence-electron chi connectivity index (χ1n) is 10.5. The summed E-state index contributed by atoms with van der Waals surface area (Å²) in [6, 6.07) is 15.7. The smallest absolute Gasteiger partial charge is 0.409 e. The number of amides is 3. The Labute approximate surface area is 185 Å². The van der Waals surface area contributed by atoms with Crippen LogP contribution in [0, 0.1) is 5.92 Å². The monoisotopic (exact) mass is 436 g/mol. The van der Waals surface area contributed by atoms with Crippen LogP contribution in [0.1, 0.15) is 43.7 Å². The highest BCUT2D eigenvalue weighted by Crippen LogP contribution is 2.44. The number of hydrogen-bond donors (Lipinski definition) is 2. The zero-order valence-corrected chi connectivity index (χ0v) is 17.8. The molecule has 3 amide bonds. The molecular formula is C24H24N2O6. The Hall–Kier alpha value is -3.68. The summed E-state index contributed by atoms with van der Waals surface area (Å²) in [7, 11) is 0. The predicted octanol–water partition coefficient (Wildman–Crippen LogP) is 3.11. The molecular weight excluding hydrogens is 412 g/mol. The number of nitrogens with zero attached hydrogens (tertiary/aromatic N) is 1. The number of ether oxygens (including phenoxy) is 1. The van der Waals surface area contributed by atoms with Gasteiger partial charge in [-0.1, -0.05) is 62.4 Å². The summed E-state index contributed by atoms with van der Waals surface area (Å²) in [5, 5.41) is 12.3. The third kappa shape index (κ3) is 3.32. The van der Waals surface area contributed by atoms with Crippen LogP contribution < -0.4 is 5.32 Å². The molecule has 0 aromatic heterocycles. The van der Waals surface area contributed by atoms with E-state index in [9.17, 15) is 24.3 Å². The Balaban J connectivity index is 1.57. The summed E-state index contributed by atoms with van der Waals surface area (Å²) in [6.45, 7) is 3.03. The number of rotatable bonds is 6. The Morgan fingerprint density at radius 3 is 2.00 bits per heavy atom. The molecule has 0 radical (unpaired) electrons. The van der Waals surface area contributed by atoms with E-state index in [0.717, 1.165) is 22.3 Å². The fourth-order valence-electron chi connectivity index (χ4n) is 4.61. The van der Waals surface area contributed by atoms with Crippen LogP contribution in [0.3, 0.4) is 0 Å². The van der Waals surface area contributed by atoms with E-state index in [1.807, 2.05) is 48.5 Å². The van der Waals surface area contributed by atoms with Crippen LogP contribution in [-0.2, 0) is 19.1 Å². The highest BCUT2D eigenvalue weighted by atomic mass is 16.5. The summed E-state index contributed by atoms with van der Waals surface area (Å²) in [6.07, 6.45) is -1.18. The van der Waals surface area contributed by atoms with Crippen LogP contribution in [0.4, 0.5) is 4.79 Å². The highest BCUT2D eigenvalue weighted by Gasteiger charge is 2.55. The maximum Gasteiger partial charge on any atom is 0.409 e. The molecule has 1 aliphatic carbocycles. The number of likely N-dealkylation sites (tertiary alicyclic amines) is 1. The second-order valence-corrected chi connectivity index (χ2v) is 8.30. The van der Waals surface area contributed by atoms with Gasteiger partial charge in [-0.25, -0.2) is 14.5 Å². The number of aliphatic carboxylic acids is 1. The van der Waals surface area contributed by atoms with Crippen molar-refractivity contribution in [2.75, 3.05) is 6.61 Å². The number of alkyl carbamates (subject to hydrolysis) is 1. The van der Waals surface area contributed by atoms with Gasteiger partial charge in [-0.15, -0.1) is 0 Å². The van der Waals surface area contributed by atoms with E-state index in [0.29, 0.717) is 4.90 Å². The number of carbonyl (C=O) groups is 4. The van der Waals surface area contributed by atoms with Gasteiger partial charge >= 0.3 is 12.1 Å². The van der Waals surface area contributed by atoms with Gasteiger partial charge in [0, 0.05) is 24.7 Å². The normalized spacial score (nSPS) is 17.2. The molecule has 0 unspecified atom stereocenters. The van der Waals surface area contributed by atoms with E-state index in [1.165, 1.54) is 13.8 Å². The molecule has 4 rings (SSSR count). The van der Waals surface area contributed by atoms with Gasteiger partial charge in [0.1, 0.15) is 6.61 Å². The van der Waals surface area contributed by atoms with Crippen LogP contribution in [0.15, 0.2) is 48.5 Å². The third-order valence-electron chi connectivity index (χ3n) is 6.20. The lowest BCUT2D eigenvalue weighted by Crippen LogP contribution is -2.70. The van der Waals surface area contributed by atoms with E-state index in [1.54, 1.807) is 0 Å². The van der Waals surface area contributed by atoms with Crippen LogP contribution in [0.25, 0.3) is 11.1 Å².